The highest BCUT2D eigenvalue weighted by molar-refractivity contribution is 6.05. The Kier molecular flexibility index (Phi) is 4.15. The van der Waals surface area contributed by atoms with Gasteiger partial charge in [-0.2, -0.15) is 5.10 Å². The Morgan fingerprint density at radius 3 is 2.83 bits per heavy atom. The van der Waals surface area contributed by atoms with Crippen LogP contribution in [0.5, 0.6) is 0 Å². The van der Waals surface area contributed by atoms with Gasteiger partial charge in [-0.05, 0) is 37.3 Å². The highest BCUT2D eigenvalue weighted by Crippen LogP contribution is 2.27. The molecule has 0 spiro atoms. The minimum atomic E-state index is -0.410. The Morgan fingerprint density at radius 1 is 1.39 bits per heavy atom. The van der Waals surface area contributed by atoms with E-state index in [4.69, 9.17) is 0 Å². The van der Waals surface area contributed by atoms with Crippen LogP contribution >= 0.6 is 0 Å². The quantitative estimate of drug-likeness (QED) is 0.871. The van der Waals surface area contributed by atoms with Gasteiger partial charge in [-0.25, -0.2) is 9.37 Å². The van der Waals surface area contributed by atoms with Gasteiger partial charge in [0.15, 0.2) is 0 Å². The average Bonchev–Trinajstić information content (AvgIpc) is 3.05. The molecule has 122 valence electrons. The molecule has 0 N–H and O–H groups in total. The maximum Gasteiger partial charge on any atom is 0.277 e. The van der Waals surface area contributed by atoms with Crippen LogP contribution in [-0.2, 0) is 19.9 Å². The van der Waals surface area contributed by atoms with E-state index in [1.807, 2.05) is 13.8 Å². The first-order valence-corrected chi connectivity index (χ1v) is 7.95. The number of hydrogen-bond acceptors (Lipinski definition) is 3. The van der Waals surface area contributed by atoms with Crippen molar-refractivity contribution in [2.45, 2.75) is 33.1 Å². The number of carbonyl (C=O) groups excluding carboxylic acids is 1. The number of carbonyl (C=O) groups is 1. The SMILES string of the molecule is CC(C)CN(C(=O)c1c2c(nn1C)CCC2)c1ccc(F)cn1. The number of rotatable bonds is 4. The molecule has 0 radical (unpaired) electrons. The molecule has 0 fully saturated rings. The molecular formula is C17H21FN4O. The lowest BCUT2D eigenvalue weighted by Crippen LogP contribution is -2.36. The first kappa shape index (κ1) is 15.6. The number of nitrogens with zero attached hydrogens (tertiary/aromatic N) is 4. The van der Waals surface area contributed by atoms with Crippen molar-refractivity contribution in [2.24, 2.45) is 13.0 Å². The molecule has 2 aromatic rings. The molecule has 0 bridgehead atoms. The average molecular weight is 316 g/mol. The minimum Gasteiger partial charge on any atom is -0.291 e. The highest BCUT2D eigenvalue weighted by Gasteiger charge is 2.29. The van der Waals surface area contributed by atoms with E-state index in [9.17, 15) is 9.18 Å². The van der Waals surface area contributed by atoms with Crippen LogP contribution in [-0.4, -0.2) is 27.2 Å². The Bertz CT molecular complexity index is 721. The minimum absolute atomic E-state index is 0.115. The lowest BCUT2D eigenvalue weighted by Gasteiger charge is -2.24. The lowest BCUT2D eigenvalue weighted by molar-refractivity contribution is 0.0973. The second-order valence-electron chi connectivity index (χ2n) is 6.40. The molecule has 0 unspecified atom stereocenters. The van der Waals surface area contributed by atoms with Gasteiger partial charge in [0.25, 0.3) is 5.91 Å². The molecule has 1 amide bonds. The first-order chi connectivity index (χ1) is 11.0. The zero-order valence-corrected chi connectivity index (χ0v) is 13.7. The molecule has 2 heterocycles. The fraction of sp³-hybridized carbons (Fsp3) is 0.471. The summed E-state index contributed by atoms with van der Waals surface area (Å²) in [4.78, 5) is 18.8. The van der Waals surface area contributed by atoms with Crippen LogP contribution in [0.1, 0.15) is 42.0 Å². The molecule has 6 heteroatoms. The maximum absolute atomic E-state index is 13.2. The molecule has 1 aliphatic rings. The fourth-order valence-corrected chi connectivity index (χ4v) is 3.09. The van der Waals surface area contributed by atoms with Gasteiger partial charge in [0, 0.05) is 19.2 Å². The summed E-state index contributed by atoms with van der Waals surface area (Å²) in [6.45, 7) is 4.60. The van der Waals surface area contributed by atoms with Crippen molar-refractivity contribution in [2.75, 3.05) is 11.4 Å². The predicted molar refractivity (Wildman–Crippen MR) is 85.9 cm³/mol. The van der Waals surface area contributed by atoms with Crippen molar-refractivity contribution in [3.05, 3.63) is 41.1 Å². The summed E-state index contributed by atoms with van der Waals surface area (Å²) in [6, 6.07) is 2.88. The summed E-state index contributed by atoms with van der Waals surface area (Å²) in [5, 5.41) is 4.47. The third kappa shape index (κ3) is 2.98. The Labute approximate surface area is 135 Å². The van der Waals surface area contributed by atoms with E-state index >= 15 is 0 Å². The molecule has 0 saturated carbocycles. The number of hydrogen-bond donors (Lipinski definition) is 0. The second-order valence-corrected chi connectivity index (χ2v) is 6.40. The zero-order chi connectivity index (χ0) is 16.6. The van der Waals surface area contributed by atoms with E-state index in [2.05, 4.69) is 10.1 Å². The van der Waals surface area contributed by atoms with Crippen LogP contribution in [0, 0.1) is 11.7 Å². The fourth-order valence-electron chi connectivity index (χ4n) is 3.09. The summed E-state index contributed by atoms with van der Waals surface area (Å²) in [5.74, 6) is 0.216. The number of amides is 1. The lowest BCUT2D eigenvalue weighted by atomic mass is 10.1. The van der Waals surface area contributed by atoms with E-state index in [-0.39, 0.29) is 11.8 Å². The normalized spacial score (nSPS) is 13.4. The number of pyridine rings is 1. The molecule has 3 rings (SSSR count). The Balaban J connectivity index is 2.00. The van der Waals surface area contributed by atoms with Crippen molar-refractivity contribution < 1.29 is 9.18 Å². The van der Waals surface area contributed by atoms with Gasteiger partial charge >= 0.3 is 0 Å². The smallest absolute Gasteiger partial charge is 0.277 e. The number of fused-ring (bicyclic) bond motifs is 1. The molecule has 2 aromatic heterocycles. The first-order valence-electron chi connectivity index (χ1n) is 7.95. The molecule has 0 aliphatic heterocycles. The van der Waals surface area contributed by atoms with E-state index in [1.165, 1.54) is 6.07 Å². The van der Waals surface area contributed by atoms with Crippen molar-refractivity contribution in [3.63, 3.8) is 0 Å². The molecule has 0 aromatic carbocycles. The van der Waals surface area contributed by atoms with E-state index in [0.29, 0.717) is 18.1 Å². The molecule has 0 saturated heterocycles. The Morgan fingerprint density at radius 2 is 2.17 bits per heavy atom. The summed E-state index contributed by atoms with van der Waals surface area (Å²) >= 11 is 0. The number of aryl methyl sites for hydroxylation is 2. The number of aromatic nitrogens is 3. The summed E-state index contributed by atoms with van der Waals surface area (Å²) in [5.41, 5.74) is 2.70. The van der Waals surface area contributed by atoms with Crippen molar-refractivity contribution >= 4 is 11.7 Å². The van der Waals surface area contributed by atoms with Crippen LogP contribution in [0.3, 0.4) is 0 Å². The molecule has 0 atom stereocenters. The summed E-state index contributed by atoms with van der Waals surface area (Å²) in [7, 11) is 1.80. The van der Waals surface area contributed by atoms with Gasteiger partial charge in [-0.15, -0.1) is 0 Å². The van der Waals surface area contributed by atoms with E-state index in [0.717, 1.165) is 36.7 Å². The standard InChI is InChI=1S/C17H21FN4O/c1-11(2)10-22(15-8-7-12(18)9-19-15)17(23)16-13-5-4-6-14(13)20-21(16)3/h7-9,11H,4-6,10H2,1-3H3. The summed E-state index contributed by atoms with van der Waals surface area (Å²) in [6.07, 6.45) is 3.99. The van der Waals surface area contributed by atoms with Gasteiger partial charge in [-0.3, -0.25) is 14.4 Å². The van der Waals surface area contributed by atoms with Crippen molar-refractivity contribution in [1.82, 2.24) is 14.8 Å². The van der Waals surface area contributed by atoms with Crippen molar-refractivity contribution in [1.29, 1.82) is 0 Å². The van der Waals surface area contributed by atoms with Gasteiger partial charge in [0.2, 0.25) is 0 Å². The van der Waals surface area contributed by atoms with E-state index in [1.54, 1.807) is 22.7 Å². The predicted octanol–water partition coefficient (Wildman–Crippen LogP) is 2.75. The molecule has 23 heavy (non-hydrogen) atoms. The van der Waals surface area contributed by atoms with Crippen LogP contribution < -0.4 is 4.90 Å². The van der Waals surface area contributed by atoms with Crippen LogP contribution in [0.2, 0.25) is 0 Å². The van der Waals surface area contributed by atoms with Crippen LogP contribution in [0.25, 0.3) is 0 Å². The monoisotopic (exact) mass is 316 g/mol. The second kappa shape index (κ2) is 6.10. The van der Waals surface area contributed by atoms with E-state index < -0.39 is 5.82 Å². The third-order valence-corrected chi connectivity index (χ3v) is 4.05. The molecule has 1 aliphatic carbocycles. The third-order valence-electron chi connectivity index (χ3n) is 4.05. The topological polar surface area (TPSA) is 51.0 Å². The number of anilines is 1. The zero-order valence-electron chi connectivity index (χ0n) is 13.7. The van der Waals surface area contributed by atoms with Gasteiger partial charge in [0.1, 0.15) is 17.3 Å². The Hall–Kier alpha value is -2.24. The van der Waals surface area contributed by atoms with Crippen LogP contribution in [0.4, 0.5) is 10.2 Å². The van der Waals surface area contributed by atoms with Crippen molar-refractivity contribution in [3.8, 4) is 0 Å². The van der Waals surface area contributed by atoms with Gasteiger partial charge in [-0.1, -0.05) is 13.8 Å². The van der Waals surface area contributed by atoms with Gasteiger partial charge in [0.05, 0.1) is 11.9 Å². The largest absolute Gasteiger partial charge is 0.291 e. The number of halogens is 1. The summed E-state index contributed by atoms with van der Waals surface area (Å²) < 4.78 is 14.8. The van der Waals surface area contributed by atoms with Gasteiger partial charge < -0.3 is 0 Å². The highest BCUT2D eigenvalue weighted by atomic mass is 19.1. The van der Waals surface area contributed by atoms with Crippen LogP contribution in [0.15, 0.2) is 18.3 Å². The molecular weight excluding hydrogens is 295 g/mol. The maximum atomic E-state index is 13.2. The molecule has 5 nitrogen and oxygen atoms in total.